The van der Waals surface area contributed by atoms with Crippen molar-refractivity contribution in [1.82, 2.24) is 0 Å². The van der Waals surface area contributed by atoms with E-state index in [9.17, 15) is 4.79 Å². The van der Waals surface area contributed by atoms with Gasteiger partial charge in [0.25, 0.3) is 0 Å². The van der Waals surface area contributed by atoms with E-state index in [1.807, 2.05) is 0 Å². The third-order valence-electron chi connectivity index (χ3n) is 4.40. The van der Waals surface area contributed by atoms with Crippen LogP contribution in [0.5, 0.6) is 0 Å². The number of esters is 1. The molecule has 0 rings (SSSR count). The van der Waals surface area contributed by atoms with Gasteiger partial charge in [0, 0.05) is 6.42 Å². The first kappa shape index (κ1) is 23.2. The summed E-state index contributed by atoms with van der Waals surface area (Å²) >= 11 is 0. The normalized spacial score (nSPS) is 11.2. The highest BCUT2D eigenvalue weighted by Crippen LogP contribution is 2.09. The highest BCUT2D eigenvalue weighted by atomic mass is 16.5. The lowest BCUT2D eigenvalue weighted by Gasteiger charge is -2.04. The number of hydrogen-bond acceptors (Lipinski definition) is 2. The first-order chi connectivity index (χ1) is 11.8. The van der Waals surface area contributed by atoms with Crippen LogP contribution in [-0.2, 0) is 9.53 Å². The first-order valence-corrected chi connectivity index (χ1v) is 10.6. The van der Waals surface area contributed by atoms with Crippen molar-refractivity contribution in [3.63, 3.8) is 0 Å². The maximum Gasteiger partial charge on any atom is 0.305 e. The van der Waals surface area contributed by atoms with Crippen LogP contribution in [0.25, 0.3) is 0 Å². The molecule has 0 aliphatic carbocycles. The molecule has 2 nitrogen and oxygen atoms in total. The Hall–Kier alpha value is -0.790. The largest absolute Gasteiger partial charge is 0.466 e. The van der Waals surface area contributed by atoms with E-state index < -0.39 is 0 Å². The van der Waals surface area contributed by atoms with Crippen molar-refractivity contribution in [3.05, 3.63) is 12.2 Å². The predicted octanol–water partition coefficient (Wildman–Crippen LogP) is 7.37. The molecule has 0 amide bonds. The lowest BCUT2D eigenvalue weighted by molar-refractivity contribution is -0.143. The molecule has 0 spiro atoms. The smallest absolute Gasteiger partial charge is 0.305 e. The molecule has 24 heavy (non-hydrogen) atoms. The van der Waals surface area contributed by atoms with Gasteiger partial charge in [-0.15, -0.1) is 0 Å². The molecule has 0 saturated carbocycles. The topological polar surface area (TPSA) is 26.3 Å². The fourth-order valence-corrected chi connectivity index (χ4v) is 2.77. The van der Waals surface area contributed by atoms with Crippen LogP contribution in [-0.4, -0.2) is 12.6 Å². The fraction of sp³-hybridized carbons (Fsp3) is 0.864. The number of carbonyl (C=O) groups is 1. The number of ether oxygens (including phenoxy) is 1. The van der Waals surface area contributed by atoms with Gasteiger partial charge in [0.2, 0.25) is 0 Å². The monoisotopic (exact) mass is 338 g/mol. The molecule has 2 heteroatoms. The Morgan fingerprint density at radius 3 is 1.79 bits per heavy atom. The van der Waals surface area contributed by atoms with E-state index in [1.54, 1.807) is 0 Å². The summed E-state index contributed by atoms with van der Waals surface area (Å²) in [7, 11) is 0. The van der Waals surface area contributed by atoms with Gasteiger partial charge >= 0.3 is 5.97 Å². The molecular weight excluding hydrogens is 296 g/mol. The Morgan fingerprint density at radius 2 is 1.17 bits per heavy atom. The van der Waals surface area contributed by atoms with Gasteiger partial charge in [-0.1, -0.05) is 83.8 Å². The van der Waals surface area contributed by atoms with Crippen LogP contribution in [0, 0.1) is 0 Å². The minimum Gasteiger partial charge on any atom is -0.466 e. The molecule has 0 saturated heterocycles. The van der Waals surface area contributed by atoms with Gasteiger partial charge in [-0.25, -0.2) is 0 Å². The van der Waals surface area contributed by atoms with Gasteiger partial charge in [-0.05, 0) is 38.5 Å². The minimum absolute atomic E-state index is 0.00231. The Kier molecular flexibility index (Phi) is 19.6. The number of allylic oxidation sites excluding steroid dienone is 2. The van der Waals surface area contributed by atoms with Gasteiger partial charge < -0.3 is 4.74 Å². The lowest BCUT2D eigenvalue weighted by atomic mass is 10.1. The highest BCUT2D eigenvalue weighted by Gasteiger charge is 2.02. The maximum atomic E-state index is 11.5. The van der Waals surface area contributed by atoms with E-state index in [0.717, 1.165) is 19.3 Å². The van der Waals surface area contributed by atoms with Crippen LogP contribution >= 0.6 is 0 Å². The summed E-state index contributed by atoms with van der Waals surface area (Å²) in [4.78, 5) is 11.5. The van der Waals surface area contributed by atoms with Crippen LogP contribution < -0.4 is 0 Å². The van der Waals surface area contributed by atoms with Gasteiger partial charge in [-0.3, -0.25) is 4.79 Å². The van der Waals surface area contributed by atoms with Crippen molar-refractivity contribution in [3.8, 4) is 0 Å². The average molecular weight is 339 g/mol. The number of carbonyl (C=O) groups excluding carboxylic acids is 1. The Morgan fingerprint density at radius 1 is 0.667 bits per heavy atom. The quantitative estimate of drug-likeness (QED) is 0.148. The zero-order valence-corrected chi connectivity index (χ0v) is 16.5. The molecular formula is C22H42O2. The third-order valence-corrected chi connectivity index (χ3v) is 4.40. The number of hydrogen-bond donors (Lipinski definition) is 0. The first-order valence-electron chi connectivity index (χ1n) is 10.6. The summed E-state index contributed by atoms with van der Waals surface area (Å²) in [6, 6.07) is 0. The molecule has 0 aromatic carbocycles. The van der Waals surface area contributed by atoms with Crippen LogP contribution in [0.2, 0.25) is 0 Å². The standard InChI is InChI=1S/C22H42O2/c1-3-5-7-9-10-11-12-13-14-15-16-17-18-20-22(23)24-21-19-8-6-4-2/h11-12H,3-10,13-21H2,1-2H3/b12-11-. The van der Waals surface area contributed by atoms with Crippen LogP contribution in [0.3, 0.4) is 0 Å². The van der Waals surface area contributed by atoms with Crippen molar-refractivity contribution < 1.29 is 9.53 Å². The van der Waals surface area contributed by atoms with Crippen molar-refractivity contribution in [2.24, 2.45) is 0 Å². The molecule has 0 heterocycles. The third kappa shape index (κ3) is 19.3. The highest BCUT2D eigenvalue weighted by molar-refractivity contribution is 5.69. The Balaban J connectivity index is 3.18. The van der Waals surface area contributed by atoms with Crippen molar-refractivity contribution in [2.45, 2.75) is 117 Å². The maximum absolute atomic E-state index is 11.5. The fourth-order valence-electron chi connectivity index (χ4n) is 2.77. The lowest BCUT2D eigenvalue weighted by Crippen LogP contribution is -2.05. The Labute approximate surface area is 151 Å². The van der Waals surface area contributed by atoms with Gasteiger partial charge in [0.1, 0.15) is 0 Å². The summed E-state index contributed by atoms with van der Waals surface area (Å²) in [5.74, 6) is -0.00231. The Bertz CT molecular complexity index is 284. The van der Waals surface area contributed by atoms with Gasteiger partial charge in [0.15, 0.2) is 0 Å². The molecule has 0 aromatic heterocycles. The second-order valence-electron chi connectivity index (χ2n) is 6.91. The number of unbranched alkanes of at least 4 members (excludes halogenated alkanes) is 12. The van der Waals surface area contributed by atoms with E-state index in [0.29, 0.717) is 13.0 Å². The van der Waals surface area contributed by atoms with Crippen molar-refractivity contribution in [2.75, 3.05) is 6.61 Å². The molecule has 0 atom stereocenters. The van der Waals surface area contributed by atoms with Gasteiger partial charge in [-0.2, -0.15) is 0 Å². The van der Waals surface area contributed by atoms with E-state index in [1.165, 1.54) is 77.0 Å². The molecule has 0 aromatic rings. The molecule has 0 radical (unpaired) electrons. The van der Waals surface area contributed by atoms with Crippen LogP contribution in [0.4, 0.5) is 0 Å². The summed E-state index contributed by atoms with van der Waals surface area (Å²) in [5.41, 5.74) is 0. The molecule has 142 valence electrons. The summed E-state index contributed by atoms with van der Waals surface area (Å²) in [5, 5.41) is 0. The molecule has 0 bridgehead atoms. The second kappa shape index (κ2) is 20.3. The molecule has 0 N–H and O–H groups in total. The summed E-state index contributed by atoms with van der Waals surface area (Å²) in [6.45, 7) is 5.06. The zero-order chi connectivity index (χ0) is 17.7. The summed E-state index contributed by atoms with van der Waals surface area (Å²) in [6.07, 6.45) is 23.8. The summed E-state index contributed by atoms with van der Waals surface area (Å²) < 4.78 is 5.25. The minimum atomic E-state index is -0.00231. The van der Waals surface area contributed by atoms with Crippen molar-refractivity contribution in [1.29, 1.82) is 0 Å². The SMILES string of the molecule is CCCCCC/C=C\CCCCCCCC(=O)OCCCCCC. The molecule has 0 unspecified atom stereocenters. The van der Waals surface area contributed by atoms with Crippen LogP contribution in [0.1, 0.15) is 117 Å². The van der Waals surface area contributed by atoms with Crippen molar-refractivity contribution >= 4 is 5.97 Å². The number of rotatable bonds is 18. The van der Waals surface area contributed by atoms with E-state index in [-0.39, 0.29) is 5.97 Å². The van der Waals surface area contributed by atoms with Crippen LogP contribution in [0.15, 0.2) is 12.2 Å². The van der Waals surface area contributed by atoms with E-state index in [4.69, 9.17) is 4.74 Å². The van der Waals surface area contributed by atoms with Gasteiger partial charge in [0.05, 0.1) is 6.61 Å². The average Bonchev–Trinajstić information content (AvgIpc) is 2.59. The predicted molar refractivity (Wildman–Crippen MR) is 105 cm³/mol. The van der Waals surface area contributed by atoms with E-state index >= 15 is 0 Å². The molecule has 0 fully saturated rings. The van der Waals surface area contributed by atoms with E-state index in [2.05, 4.69) is 26.0 Å². The molecule has 0 aliphatic rings. The molecule has 0 aliphatic heterocycles. The zero-order valence-electron chi connectivity index (χ0n) is 16.5. The second-order valence-corrected chi connectivity index (χ2v) is 6.91.